The number of nitrogens with zero attached hydrogens (tertiary/aromatic N) is 1. The van der Waals surface area contributed by atoms with Gasteiger partial charge in [0.05, 0.1) is 5.56 Å². The van der Waals surface area contributed by atoms with Gasteiger partial charge in [-0.3, -0.25) is 0 Å². The van der Waals surface area contributed by atoms with Crippen LogP contribution in [-0.2, 0) is 10.3 Å². The summed E-state index contributed by atoms with van der Waals surface area (Å²) in [6.45, 7) is 0.632. The molecule has 3 rings (SSSR count). The summed E-state index contributed by atoms with van der Waals surface area (Å²) in [5, 5.41) is 9.56. The maximum atomic E-state index is 14.1. The topological polar surface area (TPSA) is 68.1 Å². The van der Waals surface area contributed by atoms with E-state index in [0.29, 0.717) is 26.1 Å². The lowest BCUT2D eigenvalue weighted by Gasteiger charge is -2.24. The molecule has 0 spiro atoms. The molecule has 1 heterocycles. The van der Waals surface area contributed by atoms with Crippen LogP contribution < -0.4 is 9.47 Å². The third-order valence-electron chi connectivity index (χ3n) is 3.20. The maximum absolute atomic E-state index is 14.1. The average molecular weight is 251 g/mol. The van der Waals surface area contributed by atoms with Gasteiger partial charge in [0.15, 0.2) is 23.1 Å². The standard InChI is InChI=1S/C12H10FNO4/c13-10-7(16)5-8-11(18-4-3-17-8)9(10)12(1-2-12)14-6-15/h5,16H,1-4H2. The van der Waals surface area contributed by atoms with Crippen molar-refractivity contribution < 1.29 is 23.8 Å². The van der Waals surface area contributed by atoms with E-state index in [1.165, 1.54) is 12.1 Å². The molecule has 0 radical (unpaired) electrons. The molecule has 1 aromatic carbocycles. The summed E-state index contributed by atoms with van der Waals surface area (Å²) >= 11 is 0. The third-order valence-corrected chi connectivity index (χ3v) is 3.20. The average Bonchev–Trinajstić information content (AvgIpc) is 3.12. The Morgan fingerprint density at radius 2 is 2.11 bits per heavy atom. The Balaban J connectivity index is 2.24. The highest BCUT2D eigenvalue weighted by atomic mass is 19.1. The summed E-state index contributed by atoms with van der Waals surface area (Å²) in [5.41, 5.74) is -0.851. The molecule has 1 aliphatic heterocycles. The first kappa shape index (κ1) is 11.0. The van der Waals surface area contributed by atoms with E-state index < -0.39 is 17.1 Å². The summed E-state index contributed by atoms with van der Waals surface area (Å²) in [4.78, 5) is 14.1. The zero-order valence-corrected chi connectivity index (χ0v) is 9.40. The molecule has 6 heteroatoms. The molecule has 0 amide bonds. The highest BCUT2D eigenvalue weighted by molar-refractivity contribution is 5.58. The number of hydrogen-bond acceptors (Lipinski definition) is 5. The molecule has 2 aliphatic rings. The van der Waals surface area contributed by atoms with E-state index in [4.69, 9.17) is 9.47 Å². The first-order chi connectivity index (χ1) is 8.68. The predicted molar refractivity (Wildman–Crippen MR) is 58.1 cm³/mol. The minimum atomic E-state index is -0.949. The van der Waals surface area contributed by atoms with Crippen LogP contribution in [0.25, 0.3) is 0 Å². The Kier molecular flexibility index (Phi) is 2.28. The number of phenols is 1. The molecule has 0 aromatic heterocycles. The number of phenolic OH excluding ortho intramolecular Hbond substituents is 1. The Bertz CT molecular complexity index is 562. The summed E-state index contributed by atoms with van der Waals surface area (Å²) in [6.07, 6.45) is 2.51. The fourth-order valence-corrected chi connectivity index (χ4v) is 2.19. The molecule has 0 atom stereocenters. The third kappa shape index (κ3) is 1.46. The molecular weight excluding hydrogens is 241 g/mol. The van der Waals surface area contributed by atoms with Crippen molar-refractivity contribution >= 4 is 6.08 Å². The van der Waals surface area contributed by atoms with Gasteiger partial charge in [0.2, 0.25) is 6.08 Å². The SMILES string of the molecule is O=C=NC1(c2c(F)c(O)cc3c2OCCO3)CC1. The van der Waals surface area contributed by atoms with Crippen LogP contribution in [0.2, 0.25) is 0 Å². The van der Waals surface area contributed by atoms with Gasteiger partial charge in [0.1, 0.15) is 18.8 Å². The lowest BCUT2D eigenvalue weighted by Crippen LogP contribution is -2.19. The van der Waals surface area contributed by atoms with Crippen molar-refractivity contribution in [2.45, 2.75) is 18.4 Å². The second-order valence-corrected chi connectivity index (χ2v) is 4.34. The molecule has 94 valence electrons. The first-order valence-corrected chi connectivity index (χ1v) is 5.58. The first-order valence-electron chi connectivity index (χ1n) is 5.58. The number of isocyanates is 1. The normalized spacial score (nSPS) is 18.9. The smallest absolute Gasteiger partial charge is 0.235 e. The molecule has 0 saturated heterocycles. The number of aromatic hydroxyl groups is 1. The molecule has 0 unspecified atom stereocenters. The van der Waals surface area contributed by atoms with Crippen molar-refractivity contribution in [3.63, 3.8) is 0 Å². The molecular formula is C12H10FNO4. The molecule has 1 aliphatic carbocycles. The van der Waals surface area contributed by atoms with Crippen molar-refractivity contribution in [2.24, 2.45) is 4.99 Å². The quantitative estimate of drug-likeness (QED) is 0.640. The van der Waals surface area contributed by atoms with Gasteiger partial charge in [0, 0.05) is 6.07 Å². The van der Waals surface area contributed by atoms with Gasteiger partial charge < -0.3 is 14.6 Å². The number of fused-ring (bicyclic) bond motifs is 1. The molecule has 1 aromatic rings. The molecule has 1 fully saturated rings. The van der Waals surface area contributed by atoms with Crippen LogP contribution in [0.3, 0.4) is 0 Å². The summed E-state index contributed by atoms with van der Waals surface area (Å²) in [6, 6.07) is 1.17. The highest BCUT2D eigenvalue weighted by Crippen LogP contribution is 2.56. The molecule has 0 bridgehead atoms. The lowest BCUT2D eigenvalue weighted by molar-refractivity contribution is 0.166. The van der Waals surface area contributed by atoms with Crippen molar-refractivity contribution in [1.29, 1.82) is 0 Å². The lowest BCUT2D eigenvalue weighted by atomic mass is 10.0. The Morgan fingerprint density at radius 1 is 1.39 bits per heavy atom. The van der Waals surface area contributed by atoms with E-state index in [9.17, 15) is 14.3 Å². The van der Waals surface area contributed by atoms with E-state index >= 15 is 0 Å². The predicted octanol–water partition coefficient (Wildman–Crippen LogP) is 1.63. The van der Waals surface area contributed by atoms with Crippen LogP contribution in [0.4, 0.5) is 4.39 Å². The fraction of sp³-hybridized carbons (Fsp3) is 0.417. The Morgan fingerprint density at radius 3 is 2.78 bits per heavy atom. The summed E-state index contributed by atoms with van der Waals surface area (Å²) in [7, 11) is 0. The molecule has 1 saturated carbocycles. The monoisotopic (exact) mass is 251 g/mol. The largest absolute Gasteiger partial charge is 0.505 e. The van der Waals surface area contributed by atoms with Gasteiger partial charge in [-0.25, -0.2) is 9.18 Å². The van der Waals surface area contributed by atoms with Crippen LogP contribution in [0.15, 0.2) is 11.1 Å². The second kappa shape index (κ2) is 3.71. The van der Waals surface area contributed by atoms with Crippen LogP contribution in [0, 0.1) is 5.82 Å². The van der Waals surface area contributed by atoms with Crippen molar-refractivity contribution in [1.82, 2.24) is 0 Å². The number of rotatable bonds is 2. The zero-order valence-electron chi connectivity index (χ0n) is 9.40. The summed E-state index contributed by atoms with van der Waals surface area (Å²) in [5.74, 6) is -0.826. The minimum absolute atomic E-state index is 0.0977. The van der Waals surface area contributed by atoms with Gasteiger partial charge in [-0.1, -0.05) is 0 Å². The number of carbonyl (C=O) groups excluding carboxylic acids is 1. The van der Waals surface area contributed by atoms with Crippen molar-refractivity contribution in [3.8, 4) is 17.2 Å². The zero-order chi connectivity index (χ0) is 12.8. The van der Waals surface area contributed by atoms with E-state index in [2.05, 4.69) is 4.99 Å². The number of aliphatic imine (C=N–C) groups is 1. The van der Waals surface area contributed by atoms with Crippen molar-refractivity contribution in [2.75, 3.05) is 13.2 Å². The van der Waals surface area contributed by atoms with E-state index in [0.717, 1.165) is 0 Å². The van der Waals surface area contributed by atoms with E-state index in [1.54, 1.807) is 0 Å². The van der Waals surface area contributed by atoms with Crippen LogP contribution in [0.5, 0.6) is 17.2 Å². The van der Waals surface area contributed by atoms with Gasteiger partial charge in [-0.2, -0.15) is 4.99 Å². The van der Waals surface area contributed by atoms with E-state index in [1.807, 2.05) is 0 Å². The summed E-state index contributed by atoms with van der Waals surface area (Å²) < 4.78 is 24.8. The van der Waals surface area contributed by atoms with Gasteiger partial charge in [0.25, 0.3) is 0 Å². The highest BCUT2D eigenvalue weighted by Gasteiger charge is 2.50. The number of benzene rings is 1. The number of halogens is 1. The molecule has 5 nitrogen and oxygen atoms in total. The van der Waals surface area contributed by atoms with E-state index in [-0.39, 0.29) is 17.1 Å². The van der Waals surface area contributed by atoms with Crippen molar-refractivity contribution in [3.05, 3.63) is 17.4 Å². The minimum Gasteiger partial charge on any atom is -0.505 e. The van der Waals surface area contributed by atoms with Gasteiger partial charge in [-0.15, -0.1) is 0 Å². The van der Waals surface area contributed by atoms with Crippen LogP contribution in [-0.4, -0.2) is 24.4 Å². The number of hydrogen-bond donors (Lipinski definition) is 1. The Hall–Kier alpha value is -2.07. The van der Waals surface area contributed by atoms with Crippen LogP contribution in [0.1, 0.15) is 18.4 Å². The maximum Gasteiger partial charge on any atom is 0.235 e. The fourth-order valence-electron chi connectivity index (χ4n) is 2.19. The van der Waals surface area contributed by atoms with Gasteiger partial charge in [-0.05, 0) is 12.8 Å². The second-order valence-electron chi connectivity index (χ2n) is 4.34. The number of ether oxygens (including phenoxy) is 2. The van der Waals surface area contributed by atoms with Crippen LogP contribution >= 0.6 is 0 Å². The molecule has 18 heavy (non-hydrogen) atoms. The van der Waals surface area contributed by atoms with Gasteiger partial charge >= 0.3 is 0 Å². The Labute approximate surface area is 102 Å². The molecule has 1 N–H and O–H groups in total.